The summed E-state index contributed by atoms with van der Waals surface area (Å²) in [5.74, 6) is 5.34. The Morgan fingerprint density at radius 3 is 1.71 bits per heavy atom. The van der Waals surface area contributed by atoms with E-state index >= 15 is 0 Å². The van der Waals surface area contributed by atoms with Crippen LogP contribution in [0.3, 0.4) is 0 Å². The molecule has 0 saturated heterocycles. The zero-order valence-corrected chi connectivity index (χ0v) is 16.7. The van der Waals surface area contributed by atoms with Crippen molar-refractivity contribution in [2.75, 3.05) is 0 Å². The summed E-state index contributed by atoms with van der Waals surface area (Å²) in [6.45, 7) is 0. The molecule has 1 atom stereocenters. The molecule has 0 bridgehead atoms. The van der Waals surface area contributed by atoms with Gasteiger partial charge in [-0.05, 0) is 30.6 Å². The van der Waals surface area contributed by atoms with E-state index in [4.69, 9.17) is 20.4 Å². The predicted octanol–water partition coefficient (Wildman–Crippen LogP) is 7.31. The van der Waals surface area contributed by atoms with Crippen LogP contribution in [-0.4, -0.2) is 0 Å². The van der Waals surface area contributed by atoms with Gasteiger partial charge in [0.2, 0.25) is 0 Å². The quantitative estimate of drug-likeness (QED) is 0.338. The van der Waals surface area contributed by atoms with Crippen LogP contribution in [0.1, 0.15) is 77.0 Å². The molecule has 0 aromatic heterocycles. The normalized spacial score (nSPS) is 21.7. The first-order valence-electron chi connectivity index (χ1n) is 8.52. The SMILES string of the molecule is PC=CCCC(C1CCCCC1)C1CCCCC1.[Cl][Ni][Cl]. The Labute approximate surface area is 148 Å². The first-order valence-corrected chi connectivity index (χ1v) is 11.9. The Bertz CT molecular complexity index is 244. The van der Waals surface area contributed by atoms with Gasteiger partial charge in [0.15, 0.2) is 0 Å². The van der Waals surface area contributed by atoms with Gasteiger partial charge in [-0.15, -0.1) is 9.24 Å². The van der Waals surface area contributed by atoms with Crippen molar-refractivity contribution in [2.24, 2.45) is 17.8 Å². The van der Waals surface area contributed by atoms with E-state index in [0.29, 0.717) is 12.7 Å². The molecule has 0 nitrogen and oxygen atoms in total. The van der Waals surface area contributed by atoms with Gasteiger partial charge >= 0.3 is 33.0 Å². The van der Waals surface area contributed by atoms with E-state index in [-0.39, 0.29) is 0 Å². The molecule has 2 saturated carbocycles. The average Bonchev–Trinajstić information content (AvgIpc) is 2.54. The minimum atomic E-state index is 0.569. The van der Waals surface area contributed by atoms with Crippen molar-refractivity contribution < 1.29 is 12.7 Å². The van der Waals surface area contributed by atoms with E-state index in [1.807, 2.05) is 0 Å². The van der Waals surface area contributed by atoms with E-state index < -0.39 is 0 Å². The monoisotopic (exact) mass is 394 g/mol. The first kappa shape index (κ1) is 20.3. The van der Waals surface area contributed by atoms with Gasteiger partial charge in [0.05, 0.1) is 0 Å². The molecule has 21 heavy (non-hydrogen) atoms. The van der Waals surface area contributed by atoms with Crippen LogP contribution < -0.4 is 0 Å². The molecule has 0 N–H and O–H groups in total. The molecule has 0 aromatic carbocycles. The maximum absolute atomic E-state index is 4.70. The Hall–Kier alpha value is 1.24. The number of allylic oxidation sites excluding steroid dienone is 1. The van der Waals surface area contributed by atoms with Gasteiger partial charge in [0.25, 0.3) is 0 Å². The molecule has 0 heterocycles. The van der Waals surface area contributed by atoms with Crippen molar-refractivity contribution in [3.63, 3.8) is 0 Å². The van der Waals surface area contributed by atoms with Gasteiger partial charge in [0.1, 0.15) is 0 Å². The Balaban J connectivity index is 0.000000677. The summed E-state index contributed by atoms with van der Waals surface area (Å²) in [5.41, 5.74) is 0. The van der Waals surface area contributed by atoms with Crippen molar-refractivity contribution in [1.82, 2.24) is 0 Å². The second-order valence-electron chi connectivity index (χ2n) is 6.51. The summed E-state index contributed by atoms with van der Waals surface area (Å²) >= 11 is 0.569. The molecule has 0 aliphatic heterocycles. The molecular weight excluding hydrogens is 365 g/mol. The van der Waals surface area contributed by atoms with Crippen LogP contribution in [0.2, 0.25) is 0 Å². The van der Waals surface area contributed by atoms with Crippen molar-refractivity contribution in [3.05, 3.63) is 11.9 Å². The summed E-state index contributed by atoms with van der Waals surface area (Å²) in [6, 6.07) is 0. The van der Waals surface area contributed by atoms with E-state index in [9.17, 15) is 0 Å². The van der Waals surface area contributed by atoms with Crippen molar-refractivity contribution in [2.45, 2.75) is 77.0 Å². The molecule has 0 spiro atoms. The molecule has 2 aliphatic rings. The molecule has 0 aromatic rings. The minimum absolute atomic E-state index is 0.569. The van der Waals surface area contributed by atoms with Crippen molar-refractivity contribution in [3.8, 4) is 0 Å². The molecule has 2 aliphatic carbocycles. The van der Waals surface area contributed by atoms with Crippen LogP contribution in [-0.2, 0) is 12.7 Å². The van der Waals surface area contributed by atoms with Crippen LogP contribution >= 0.6 is 29.6 Å². The second-order valence-corrected chi connectivity index (χ2v) is 8.53. The van der Waals surface area contributed by atoms with E-state index in [1.165, 1.54) is 77.0 Å². The standard InChI is InChI=1S/C17H31P.2ClH.Ni/c18-14-8-7-13-17(15-9-3-1-4-10-15)16-11-5-2-6-12-16;;;/h8,14-17H,1-7,9-13,18H2;2*1H;/q;;;+2/p-2. The summed E-state index contributed by atoms with van der Waals surface area (Å²) in [6.07, 6.45) is 20.3. The van der Waals surface area contributed by atoms with E-state index in [1.54, 1.807) is 0 Å². The number of halogens is 2. The Morgan fingerprint density at radius 2 is 1.33 bits per heavy atom. The fourth-order valence-corrected chi connectivity index (χ4v) is 4.56. The van der Waals surface area contributed by atoms with Gasteiger partial charge in [-0.2, -0.15) is 0 Å². The Kier molecular flexibility index (Phi) is 13.2. The molecule has 0 amide bonds. The van der Waals surface area contributed by atoms with Crippen LogP contribution in [0.15, 0.2) is 11.9 Å². The van der Waals surface area contributed by atoms with Crippen molar-refractivity contribution in [1.29, 1.82) is 0 Å². The van der Waals surface area contributed by atoms with Crippen molar-refractivity contribution >= 4 is 29.6 Å². The third kappa shape index (κ3) is 8.60. The molecule has 2 rings (SSSR count). The van der Waals surface area contributed by atoms with Gasteiger partial charge in [0, 0.05) is 0 Å². The maximum atomic E-state index is 4.70. The van der Waals surface area contributed by atoms with Gasteiger partial charge in [-0.25, -0.2) is 0 Å². The molecule has 1 unspecified atom stereocenters. The Morgan fingerprint density at radius 1 is 0.905 bits per heavy atom. The summed E-state index contributed by atoms with van der Waals surface area (Å²) in [4.78, 5) is 0. The van der Waals surface area contributed by atoms with E-state index in [2.05, 4.69) is 21.1 Å². The number of hydrogen-bond donors (Lipinski definition) is 0. The second kappa shape index (κ2) is 13.7. The molecule has 0 radical (unpaired) electrons. The van der Waals surface area contributed by atoms with Crippen LogP contribution in [0, 0.1) is 17.8 Å². The van der Waals surface area contributed by atoms with Crippen LogP contribution in [0.4, 0.5) is 0 Å². The fraction of sp³-hybridized carbons (Fsp3) is 0.882. The molecular formula is C17H31Cl2NiP. The summed E-state index contributed by atoms with van der Waals surface area (Å²) < 4.78 is 0. The van der Waals surface area contributed by atoms with Gasteiger partial charge < -0.3 is 0 Å². The van der Waals surface area contributed by atoms with Gasteiger partial charge in [-0.3, -0.25) is 0 Å². The van der Waals surface area contributed by atoms with Crippen LogP contribution in [0.5, 0.6) is 0 Å². The zero-order chi connectivity index (χ0) is 15.3. The number of rotatable bonds is 5. The third-order valence-electron chi connectivity index (χ3n) is 5.31. The molecule has 128 valence electrons. The summed E-state index contributed by atoms with van der Waals surface area (Å²) in [5, 5.41) is 0. The summed E-state index contributed by atoms with van der Waals surface area (Å²) in [7, 11) is 12.1. The zero-order valence-electron chi connectivity index (χ0n) is 13.0. The van der Waals surface area contributed by atoms with Crippen LogP contribution in [0.25, 0.3) is 0 Å². The average molecular weight is 396 g/mol. The fourth-order valence-electron chi connectivity index (χ4n) is 4.37. The predicted molar refractivity (Wildman–Crippen MR) is 96.4 cm³/mol. The number of hydrogen-bond acceptors (Lipinski definition) is 0. The van der Waals surface area contributed by atoms with E-state index in [0.717, 1.165) is 17.8 Å². The first-order chi connectivity index (χ1) is 10.3. The molecule has 2 fully saturated rings. The third-order valence-corrected chi connectivity index (χ3v) is 5.59. The van der Waals surface area contributed by atoms with Gasteiger partial charge in [-0.1, -0.05) is 76.1 Å². The topological polar surface area (TPSA) is 0 Å². The molecule has 4 heteroatoms.